The number of halogens is 2. The van der Waals surface area contributed by atoms with Crippen LogP contribution in [0.3, 0.4) is 0 Å². The van der Waals surface area contributed by atoms with Gasteiger partial charge in [0.15, 0.2) is 4.84 Å². The molecule has 1 amide bonds. The number of aliphatic hydroxyl groups excluding tert-OH is 2. The monoisotopic (exact) mass is 321 g/mol. The van der Waals surface area contributed by atoms with E-state index in [1.54, 1.807) is 0 Å². The number of carbonyl (C=O) groups excluding carboxylic acids is 1. The van der Waals surface area contributed by atoms with Crippen LogP contribution in [0.15, 0.2) is 24.3 Å². The molecule has 0 fully saturated rings. The lowest BCUT2D eigenvalue weighted by Crippen LogP contribution is -2.44. The molecule has 110 valence electrons. The number of carboxylic acid groups (broad SMARTS) is 1. The van der Waals surface area contributed by atoms with Crippen LogP contribution in [-0.4, -0.2) is 44.7 Å². The third-order valence-corrected chi connectivity index (χ3v) is 3.00. The lowest BCUT2D eigenvalue weighted by molar-refractivity contribution is -0.121. The lowest BCUT2D eigenvalue weighted by Gasteiger charge is -2.23. The molecule has 0 aliphatic carbocycles. The fraction of sp³-hybridized carbons (Fsp3) is 0.333. The van der Waals surface area contributed by atoms with Gasteiger partial charge in [-0.3, -0.25) is 4.79 Å². The van der Waals surface area contributed by atoms with E-state index in [0.29, 0.717) is 5.56 Å². The fourth-order valence-electron chi connectivity index (χ4n) is 1.53. The number of hydrogen-bond donors (Lipinski definition) is 4. The molecular formula is C12H13Cl2NO5. The minimum Gasteiger partial charge on any atom is -0.478 e. The maximum absolute atomic E-state index is 11.3. The summed E-state index contributed by atoms with van der Waals surface area (Å²) < 4.78 is 0. The number of carbonyl (C=O) groups is 2. The normalized spacial score (nSPS) is 13.8. The van der Waals surface area contributed by atoms with Gasteiger partial charge in [-0.05, 0) is 17.7 Å². The summed E-state index contributed by atoms with van der Waals surface area (Å²) >= 11 is 10.7. The molecule has 1 aromatic rings. The molecular weight excluding hydrogens is 309 g/mol. The predicted molar refractivity (Wildman–Crippen MR) is 72.9 cm³/mol. The van der Waals surface area contributed by atoms with Crippen molar-refractivity contribution in [2.24, 2.45) is 0 Å². The Morgan fingerprint density at radius 3 is 2.15 bits per heavy atom. The van der Waals surface area contributed by atoms with E-state index in [2.05, 4.69) is 5.32 Å². The third kappa shape index (κ3) is 4.35. The van der Waals surface area contributed by atoms with Gasteiger partial charge in [-0.15, -0.1) is 0 Å². The van der Waals surface area contributed by atoms with E-state index in [-0.39, 0.29) is 5.56 Å². The molecule has 0 aliphatic heterocycles. The van der Waals surface area contributed by atoms with E-state index in [1.807, 2.05) is 0 Å². The Morgan fingerprint density at radius 2 is 1.75 bits per heavy atom. The highest BCUT2D eigenvalue weighted by atomic mass is 35.5. The van der Waals surface area contributed by atoms with Gasteiger partial charge in [0.2, 0.25) is 0 Å². The summed E-state index contributed by atoms with van der Waals surface area (Å²) in [6.07, 6.45) is -1.22. The number of amides is 1. The Labute approximate surface area is 124 Å². The Hall–Kier alpha value is -1.34. The largest absolute Gasteiger partial charge is 0.478 e. The number of nitrogens with one attached hydrogen (secondary N) is 1. The van der Waals surface area contributed by atoms with Crippen molar-refractivity contribution in [2.75, 3.05) is 6.61 Å². The first-order valence-electron chi connectivity index (χ1n) is 5.57. The Bertz CT molecular complexity index is 477. The van der Waals surface area contributed by atoms with Crippen molar-refractivity contribution in [1.82, 2.24) is 5.32 Å². The van der Waals surface area contributed by atoms with E-state index in [4.69, 9.17) is 28.3 Å². The molecule has 20 heavy (non-hydrogen) atoms. The highest BCUT2D eigenvalue weighted by Crippen LogP contribution is 2.18. The zero-order valence-corrected chi connectivity index (χ0v) is 11.7. The summed E-state index contributed by atoms with van der Waals surface area (Å²) in [4.78, 5) is 20.7. The molecule has 0 aliphatic rings. The zero-order valence-electron chi connectivity index (χ0n) is 10.2. The van der Waals surface area contributed by atoms with Gasteiger partial charge >= 0.3 is 5.97 Å². The van der Waals surface area contributed by atoms with Gasteiger partial charge in [-0.25, -0.2) is 4.79 Å². The molecule has 0 bridgehead atoms. The molecule has 0 aromatic heterocycles. The first-order chi connectivity index (χ1) is 9.36. The molecule has 0 radical (unpaired) electrons. The standard InChI is InChI=1S/C12H13Cl2NO5/c13-10(14)11(18)15-8(5-16)9(17)6-1-3-7(4-2-6)12(19)20/h1-4,8-10,16-17H,5H2,(H,15,18)(H,19,20). The van der Waals surface area contributed by atoms with E-state index < -0.39 is 35.5 Å². The van der Waals surface area contributed by atoms with Crippen LogP contribution in [0.4, 0.5) is 0 Å². The predicted octanol–water partition coefficient (Wildman–Crippen LogP) is 0.699. The molecule has 2 unspecified atom stereocenters. The molecule has 2 atom stereocenters. The first kappa shape index (κ1) is 16.7. The number of carboxylic acids is 1. The maximum atomic E-state index is 11.3. The second-order valence-electron chi connectivity index (χ2n) is 3.97. The van der Waals surface area contributed by atoms with Crippen LogP contribution < -0.4 is 5.32 Å². The average molecular weight is 322 g/mol. The van der Waals surface area contributed by atoms with Crippen LogP contribution >= 0.6 is 23.2 Å². The van der Waals surface area contributed by atoms with E-state index in [0.717, 1.165) is 0 Å². The van der Waals surface area contributed by atoms with Crippen molar-refractivity contribution in [3.05, 3.63) is 35.4 Å². The van der Waals surface area contributed by atoms with Crippen LogP contribution in [0.5, 0.6) is 0 Å². The van der Waals surface area contributed by atoms with Gasteiger partial charge in [0.25, 0.3) is 5.91 Å². The fourth-order valence-corrected chi connectivity index (χ4v) is 1.65. The summed E-state index contributed by atoms with van der Waals surface area (Å²) in [5.41, 5.74) is 0.405. The van der Waals surface area contributed by atoms with Gasteiger partial charge in [0.05, 0.1) is 18.2 Å². The van der Waals surface area contributed by atoms with E-state index in [9.17, 15) is 19.8 Å². The molecule has 0 saturated carbocycles. The van der Waals surface area contributed by atoms with Gasteiger partial charge in [-0.1, -0.05) is 35.3 Å². The van der Waals surface area contributed by atoms with Gasteiger partial charge in [0.1, 0.15) is 6.10 Å². The third-order valence-electron chi connectivity index (χ3n) is 2.60. The van der Waals surface area contributed by atoms with Crippen LogP contribution in [0.25, 0.3) is 0 Å². The molecule has 1 aromatic carbocycles. The molecule has 0 saturated heterocycles. The molecule has 4 N–H and O–H groups in total. The highest BCUT2D eigenvalue weighted by molar-refractivity contribution is 6.53. The summed E-state index contributed by atoms with van der Waals surface area (Å²) in [7, 11) is 0. The smallest absolute Gasteiger partial charge is 0.335 e. The number of alkyl halides is 2. The minimum atomic E-state index is -1.31. The zero-order chi connectivity index (χ0) is 15.3. The maximum Gasteiger partial charge on any atom is 0.335 e. The number of rotatable bonds is 6. The van der Waals surface area contributed by atoms with Crippen LogP contribution in [0, 0.1) is 0 Å². The quantitative estimate of drug-likeness (QED) is 0.577. The Morgan fingerprint density at radius 1 is 1.20 bits per heavy atom. The second kappa shape index (κ2) is 7.44. The van der Waals surface area contributed by atoms with E-state index >= 15 is 0 Å². The first-order valence-corrected chi connectivity index (χ1v) is 6.44. The molecule has 1 rings (SSSR count). The Balaban J connectivity index is 2.82. The number of benzene rings is 1. The van der Waals surface area contributed by atoms with Gasteiger partial charge in [0, 0.05) is 0 Å². The number of aromatic carboxylic acids is 1. The number of hydrogen-bond acceptors (Lipinski definition) is 4. The second-order valence-corrected chi connectivity index (χ2v) is 5.07. The van der Waals surface area contributed by atoms with Crippen molar-refractivity contribution >= 4 is 35.1 Å². The molecule has 0 heterocycles. The van der Waals surface area contributed by atoms with Crippen molar-refractivity contribution < 1.29 is 24.9 Å². The summed E-state index contributed by atoms with van der Waals surface area (Å²) in [6.45, 7) is -0.534. The van der Waals surface area contributed by atoms with Gasteiger partial charge < -0.3 is 20.6 Å². The average Bonchev–Trinajstić information content (AvgIpc) is 2.43. The summed E-state index contributed by atoms with van der Waals surface area (Å²) in [5.74, 6) is -1.83. The van der Waals surface area contributed by atoms with Crippen LogP contribution in [-0.2, 0) is 4.79 Å². The van der Waals surface area contributed by atoms with E-state index in [1.165, 1.54) is 24.3 Å². The van der Waals surface area contributed by atoms with Crippen LogP contribution in [0.1, 0.15) is 22.0 Å². The van der Waals surface area contributed by atoms with Crippen molar-refractivity contribution in [2.45, 2.75) is 17.0 Å². The molecule has 8 heteroatoms. The summed E-state index contributed by atoms with van der Waals surface area (Å²) in [6, 6.07) is 4.40. The highest BCUT2D eigenvalue weighted by Gasteiger charge is 2.24. The van der Waals surface area contributed by atoms with Crippen molar-refractivity contribution in [3.63, 3.8) is 0 Å². The summed E-state index contributed by atoms with van der Waals surface area (Å²) in [5, 5.41) is 30.3. The van der Waals surface area contributed by atoms with Crippen molar-refractivity contribution in [1.29, 1.82) is 0 Å². The minimum absolute atomic E-state index is 0.0621. The number of aliphatic hydroxyl groups is 2. The van der Waals surface area contributed by atoms with Crippen LogP contribution in [0.2, 0.25) is 0 Å². The van der Waals surface area contributed by atoms with Gasteiger partial charge in [-0.2, -0.15) is 0 Å². The topological polar surface area (TPSA) is 107 Å². The van der Waals surface area contributed by atoms with Crippen molar-refractivity contribution in [3.8, 4) is 0 Å². The Kier molecular flexibility index (Phi) is 6.22. The molecule has 6 nitrogen and oxygen atoms in total. The lowest BCUT2D eigenvalue weighted by atomic mass is 10.0. The molecule has 0 spiro atoms. The SMILES string of the molecule is O=C(O)c1ccc(C(O)C(CO)NC(=O)C(Cl)Cl)cc1.